The second kappa shape index (κ2) is 7.15. The highest BCUT2D eigenvalue weighted by Crippen LogP contribution is 2.27. The van der Waals surface area contributed by atoms with E-state index >= 15 is 0 Å². The molecule has 1 amide bonds. The smallest absolute Gasteiger partial charge is 0.248 e. The lowest BCUT2D eigenvalue weighted by molar-refractivity contribution is -0.111. The van der Waals surface area contributed by atoms with Crippen LogP contribution in [0.4, 0.5) is 5.69 Å². The van der Waals surface area contributed by atoms with Crippen LogP contribution in [0.1, 0.15) is 11.3 Å². The van der Waals surface area contributed by atoms with Gasteiger partial charge in [0.25, 0.3) is 0 Å². The van der Waals surface area contributed by atoms with E-state index < -0.39 is 0 Å². The quantitative estimate of drug-likeness (QED) is 0.684. The molecular formula is C19H15ClN2O2. The zero-order chi connectivity index (χ0) is 16.9. The largest absolute Gasteiger partial charge is 0.457 e. The lowest BCUT2D eigenvalue weighted by atomic mass is 10.1. The summed E-state index contributed by atoms with van der Waals surface area (Å²) in [6.45, 7) is 1.95. The van der Waals surface area contributed by atoms with Gasteiger partial charge in [0.05, 0.1) is 11.9 Å². The highest BCUT2D eigenvalue weighted by atomic mass is 35.5. The maximum absolute atomic E-state index is 11.9. The number of nitrogens with zero attached hydrogens (tertiary/aromatic N) is 1. The summed E-state index contributed by atoms with van der Waals surface area (Å²) in [6.07, 6.45) is 6.26. The number of pyridine rings is 1. The summed E-state index contributed by atoms with van der Waals surface area (Å²) in [6, 6.07) is 12.9. The van der Waals surface area contributed by atoms with Crippen molar-refractivity contribution in [2.24, 2.45) is 0 Å². The van der Waals surface area contributed by atoms with Crippen LogP contribution in [-0.4, -0.2) is 10.9 Å². The van der Waals surface area contributed by atoms with Crippen LogP contribution in [0, 0.1) is 6.92 Å². The molecule has 4 nitrogen and oxygen atoms in total. The Labute approximate surface area is 144 Å². The molecule has 0 radical (unpaired) electrons. The zero-order valence-electron chi connectivity index (χ0n) is 13.0. The topological polar surface area (TPSA) is 55.1 Å². The Bertz CT molecular complexity index is 885. The Morgan fingerprint density at radius 2 is 2.12 bits per heavy atom. The minimum absolute atomic E-state index is 0.251. The van der Waals surface area contributed by atoms with Crippen LogP contribution >= 0.6 is 11.6 Å². The number of hydrogen-bond acceptors (Lipinski definition) is 3. The number of carbonyl (C=O) groups excluding carboxylic acids is 1. The number of carbonyl (C=O) groups is 1. The third-order valence-corrected chi connectivity index (χ3v) is 3.82. The number of aromatic nitrogens is 1. The molecule has 2 aromatic heterocycles. The third-order valence-electron chi connectivity index (χ3n) is 3.41. The van der Waals surface area contributed by atoms with Crippen molar-refractivity contribution in [1.82, 2.24) is 4.98 Å². The number of nitrogens with one attached hydrogen (secondary N) is 1. The number of aryl methyl sites for hydroxylation is 1. The number of anilines is 1. The van der Waals surface area contributed by atoms with Crippen LogP contribution in [0.2, 0.25) is 5.02 Å². The molecule has 2 heterocycles. The van der Waals surface area contributed by atoms with Gasteiger partial charge in [-0.3, -0.25) is 9.78 Å². The Kier molecular flexibility index (Phi) is 4.77. The monoisotopic (exact) mass is 338 g/mol. The third kappa shape index (κ3) is 3.91. The summed E-state index contributed by atoms with van der Waals surface area (Å²) >= 11 is 6.14. The van der Waals surface area contributed by atoms with Crippen molar-refractivity contribution in [2.75, 3.05) is 5.32 Å². The van der Waals surface area contributed by atoms with Gasteiger partial charge >= 0.3 is 0 Å². The number of furan rings is 1. The van der Waals surface area contributed by atoms with E-state index in [1.165, 1.54) is 6.08 Å². The fraction of sp³-hybridized carbons (Fsp3) is 0.0526. The Morgan fingerprint density at radius 3 is 2.88 bits per heavy atom. The molecule has 3 aromatic rings. The van der Waals surface area contributed by atoms with E-state index in [9.17, 15) is 4.79 Å². The highest BCUT2D eigenvalue weighted by molar-refractivity contribution is 6.31. The van der Waals surface area contributed by atoms with Crippen molar-refractivity contribution in [2.45, 2.75) is 6.92 Å². The molecule has 0 saturated carbocycles. The van der Waals surface area contributed by atoms with Crippen LogP contribution in [0.3, 0.4) is 0 Å². The second-order valence-corrected chi connectivity index (χ2v) is 5.64. The maximum atomic E-state index is 11.9. The molecule has 120 valence electrons. The predicted molar refractivity (Wildman–Crippen MR) is 95.8 cm³/mol. The molecule has 0 spiro atoms. The summed E-state index contributed by atoms with van der Waals surface area (Å²) in [7, 11) is 0. The predicted octanol–water partition coefficient (Wildman–Crippen LogP) is 4.96. The Morgan fingerprint density at radius 1 is 1.25 bits per heavy atom. The second-order valence-electron chi connectivity index (χ2n) is 5.23. The van der Waals surface area contributed by atoms with E-state index in [1.807, 2.05) is 31.2 Å². The summed E-state index contributed by atoms with van der Waals surface area (Å²) in [4.78, 5) is 15.8. The molecule has 0 unspecified atom stereocenters. The van der Waals surface area contributed by atoms with Gasteiger partial charge in [-0.05, 0) is 48.9 Å². The average Bonchev–Trinajstić information content (AvgIpc) is 3.05. The van der Waals surface area contributed by atoms with Gasteiger partial charge in [-0.1, -0.05) is 23.7 Å². The van der Waals surface area contributed by atoms with Crippen molar-refractivity contribution < 1.29 is 9.21 Å². The molecule has 1 aromatic carbocycles. The van der Waals surface area contributed by atoms with Gasteiger partial charge < -0.3 is 9.73 Å². The SMILES string of the molecule is Cc1ccc(-c2ccc(C=CC(=O)Nc3cccnc3)o2)cc1Cl. The van der Waals surface area contributed by atoms with E-state index in [4.69, 9.17) is 16.0 Å². The van der Waals surface area contributed by atoms with Crippen LogP contribution in [0.25, 0.3) is 17.4 Å². The van der Waals surface area contributed by atoms with Gasteiger partial charge in [0.15, 0.2) is 0 Å². The fourth-order valence-electron chi connectivity index (χ4n) is 2.12. The number of amides is 1. The Hall–Kier alpha value is -2.85. The van der Waals surface area contributed by atoms with Crippen molar-refractivity contribution >= 4 is 29.3 Å². The average molecular weight is 339 g/mol. The highest BCUT2D eigenvalue weighted by Gasteiger charge is 2.06. The lowest BCUT2D eigenvalue weighted by Gasteiger charge is -2.01. The van der Waals surface area contributed by atoms with E-state index in [2.05, 4.69) is 10.3 Å². The molecule has 0 atom stereocenters. The minimum Gasteiger partial charge on any atom is -0.457 e. The summed E-state index contributed by atoms with van der Waals surface area (Å²) < 4.78 is 5.73. The molecule has 0 bridgehead atoms. The Balaban J connectivity index is 1.69. The first kappa shape index (κ1) is 16.0. The molecule has 0 aliphatic carbocycles. The van der Waals surface area contributed by atoms with Gasteiger partial charge in [0.1, 0.15) is 11.5 Å². The standard InChI is InChI=1S/C19H15ClN2O2/c1-13-4-5-14(11-17(13)20)18-8-6-16(24-18)7-9-19(23)22-15-3-2-10-21-12-15/h2-12H,1H3,(H,22,23). The van der Waals surface area contributed by atoms with E-state index in [0.29, 0.717) is 22.2 Å². The molecule has 0 aliphatic heterocycles. The zero-order valence-corrected chi connectivity index (χ0v) is 13.7. The summed E-state index contributed by atoms with van der Waals surface area (Å²) in [5, 5.41) is 3.41. The minimum atomic E-state index is -0.251. The molecule has 1 N–H and O–H groups in total. The van der Waals surface area contributed by atoms with Gasteiger partial charge in [0.2, 0.25) is 5.91 Å². The number of halogens is 1. The van der Waals surface area contributed by atoms with Crippen LogP contribution < -0.4 is 5.32 Å². The number of rotatable bonds is 4. The first-order chi connectivity index (χ1) is 11.6. The van der Waals surface area contributed by atoms with Gasteiger partial charge in [-0.15, -0.1) is 0 Å². The molecule has 0 aliphatic rings. The normalized spacial score (nSPS) is 10.9. The van der Waals surface area contributed by atoms with Gasteiger partial charge in [-0.25, -0.2) is 0 Å². The molecule has 0 saturated heterocycles. The van der Waals surface area contributed by atoms with E-state index in [1.54, 1.807) is 36.7 Å². The number of hydrogen-bond donors (Lipinski definition) is 1. The van der Waals surface area contributed by atoms with Crippen LogP contribution in [0.15, 0.2) is 65.4 Å². The van der Waals surface area contributed by atoms with Crippen LogP contribution in [-0.2, 0) is 4.79 Å². The van der Waals surface area contributed by atoms with Crippen molar-refractivity contribution in [1.29, 1.82) is 0 Å². The van der Waals surface area contributed by atoms with Crippen molar-refractivity contribution in [3.05, 3.63) is 77.3 Å². The first-order valence-electron chi connectivity index (χ1n) is 7.37. The van der Waals surface area contributed by atoms with Crippen molar-refractivity contribution in [3.63, 3.8) is 0 Å². The molecule has 24 heavy (non-hydrogen) atoms. The van der Waals surface area contributed by atoms with Crippen molar-refractivity contribution in [3.8, 4) is 11.3 Å². The first-order valence-corrected chi connectivity index (χ1v) is 7.75. The van der Waals surface area contributed by atoms with Gasteiger partial charge in [-0.2, -0.15) is 0 Å². The van der Waals surface area contributed by atoms with Crippen LogP contribution in [0.5, 0.6) is 0 Å². The summed E-state index contributed by atoms with van der Waals surface area (Å²) in [5.41, 5.74) is 2.55. The van der Waals surface area contributed by atoms with E-state index in [-0.39, 0.29) is 5.91 Å². The van der Waals surface area contributed by atoms with Gasteiger partial charge in [0, 0.05) is 22.9 Å². The molecular weight excluding hydrogens is 324 g/mol. The fourth-order valence-corrected chi connectivity index (χ4v) is 2.30. The summed E-state index contributed by atoms with van der Waals surface area (Å²) in [5.74, 6) is 1.03. The maximum Gasteiger partial charge on any atom is 0.248 e. The molecule has 5 heteroatoms. The van der Waals surface area contributed by atoms with E-state index in [0.717, 1.165) is 11.1 Å². The molecule has 3 rings (SSSR count). The lowest BCUT2D eigenvalue weighted by Crippen LogP contribution is -2.07. The molecule has 0 fully saturated rings. The number of benzene rings is 1.